The van der Waals surface area contributed by atoms with Crippen molar-refractivity contribution in [1.82, 2.24) is 0 Å². The Labute approximate surface area is 620 Å². The third-order valence-corrected chi connectivity index (χ3v) is 18.7. The second-order valence-electron chi connectivity index (χ2n) is 25.7. The molecule has 0 amide bonds. The van der Waals surface area contributed by atoms with Crippen LogP contribution in [-0.2, 0) is 39.2 Å². The Balaban J connectivity index is 0.00000188. The summed E-state index contributed by atoms with van der Waals surface area (Å²) in [6, 6.07) is 6.23. The van der Waals surface area contributed by atoms with E-state index in [1.165, 1.54) is 180 Å². The second-order valence-corrected chi connectivity index (χ2v) is 28.4. The minimum atomic E-state index is -4.81. The third kappa shape index (κ3) is 53.8. The minimum Gasteiger partial charge on any atom is -0.744 e. The molecule has 0 aliphatic heterocycles. The number of ether oxygens (including phenoxy) is 4. The zero-order chi connectivity index (χ0) is 70.3. The normalized spacial score (nSPS) is 11.8. The Morgan fingerprint density at radius 1 is 0.278 bits per heavy atom. The topological polar surface area (TPSA) is 220 Å². The predicted molar refractivity (Wildman–Crippen MR) is 397 cm³/mol. The third-order valence-electron chi connectivity index (χ3n) is 17.0. The molecule has 14 nitrogen and oxygen atoms in total. The minimum absolute atomic E-state index is 0. The van der Waals surface area contributed by atoms with Crippen molar-refractivity contribution in [3.63, 3.8) is 0 Å². The molecular formula is C80H130CaO14S2. The fraction of sp³-hybridized carbons (Fsp3) is 0.700. The zero-order valence-corrected chi connectivity index (χ0v) is 64.9. The predicted octanol–water partition coefficient (Wildman–Crippen LogP) is 22.5. The standard InChI is InChI=1S/2C40H66O7S.Ca/c2*1-3-5-7-9-11-13-15-17-19-21-23-25-27-29-33-46-39(41)37-32-31-36(48(43,44)45)35-38(37)40(42)47-34-30-28-26-24-22-20-18-16-14-12-10-8-6-4-2;/h2*5-8,31-32,35H,3-4,9-30,33-34H2,1-2H3,(H,43,44,45);/q;;+2/p-2/b2*7-5+,8-6+;. The molecule has 548 valence electrons. The molecule has 0 aliphatic rings. The van der Waals surface area contributed by atoms with Crippen LogP contribution in [0.5, 0.6) is 0 Å². The van der Waals surface area contributed by atoms with Gasteiger partial charge in [0.05, 0.1) is 58.5 Å². The molecular weight excluding hydrogens is 1290 g/mol. The van der Waals surface area contributed by atoms with Crippen LogP contribution in [0, 0.1) is 0 Å². The molecule has 0 saturated carbocycles. The molecule has 0 bridgehead atoms. The Hall–Kier alpha value is -3.64. The van der Waals surface area contributed by atoms with Gasteiger partial charge >= 0.3 is 61.6 Å². The molecule has 0 atom stereocenters. The molecule has 2 aromatic carbocycles. The fourth-order valence-corrected chi connectivity index (χ4v) is 12.3. The van der Waals surface area contributed by atoms with E-state index in [-0.39, 0.29) is 86.4 Å². The van der Waals surface area contributed by atoms with E-state index in [4.69, 9.17) is 18.9 Å². The van der Waals surface area contributed by atoms with Crippen LogP contribution in [-0.4, -0.2) is 114 Å². The summed E-state index contributed by atoms with van der Waals surface area (Å²) >= 11 is 0. The monoisotopic (exact) mass is 1420 g/mol. The van der Waals surface area contributed by atoms with Gasteiger partial charge in [0.25, 0.3) is 0 Å². The number of hydrogen-bond donors (Lipinski definition) is 0. The average Bonchev–Trinajstić information content (AvgIpc) is 0.828. The number of carbonyl (C=O) groups excluding carboxylic acids is 4. The van der Waals surface area contributed by atoms with E-state index >= 15 is 0 Å². The number of unbranched alkanes of at least 4 members (excludes halogenated alkanes) is 40. The Morgan fingerprint density at radius 3 is 0.639 bits per heavy atom. The summed E-state index contributed by atoms with van der Waals surface area (Å²) in [5, 5.41) is 0. The summed E-state index contributed by atoms with van der Waals surface area (Å²) in [6.07, 6.45) is 73.0. The molecule has 0 unspecified atom stereocenters. The SMILES string of the molecule is CC/C=C/CCCCCCCCCCCCOC(=O)c1ccc(S(=O)(=O)[O-])cc1C(=O)OCCCCCCCCCCCC/C=C/CC.CC/C=C/CCCCCCCCCCCCOC(=O)c1ccc(S(=O)(=O)[O-])cc1C(=O)OCCCCCCCCCCCC/C=C/CC.[Ca+2]. The van der Waals surface area contributed by atoms with E-state index in [2.05, 4.69) is 76.3 Å². The second kappa shape index (κ2) is 65.7. The molecule has 0 radical (unpaired) electrons. The Kier molecular flexibility index (Phi) is 63.2. The molecule has 2 aromatic rings. The van der Waals surface area contributed by atoms with Crippen molar-refractivity contribution in [2.24, 2.45) is 0 Å². The van der Waals surface area contributed by atoms with Gasteiger partial charge in [0.2, 0.25) is 0 Å². The van der Waals surface area contributed by atoms with E-state index in [1.807, 2.05) is 0 Å². The zero-order valence-electron chi connectivity index (χ0n) is 61.1. The van der Waals surface area contributed by atoms with Crippen LogP contribution in [0.3, 0.4) is 0 Å². The van der Waals surface area contributed by atoms with E-state index < -0.39 is 53.9 Å². The van der Waals surface area contributed by atoms with E-state index in [0.717, 1.165) is 139 Å². The maximum Gasteiger partial charge on any atom is 2.00 e. The number of carbonyl (C=O) groups is 4. The molecule has 0 spiro atoms. The van der Waals surface area contributed by atoms with Crippen LogP contribution in [0.1, 0.15) is 377 Å². The van der Waals surface area contributed by atoms with Crippen molar-refractivity contribution in [1.29, 1.82) is 0 Å². The van der Waals surface area contributed by atoms with Gasteiger partial charge in [-0.3, -0.25) is 0 Å². The van der Waals surface area contributed by atoms with Crippen molar-refractivity contribution in [2.75, 3.05) is 26.4 Å². The van der Waals surface area contributed by atoms with Crippen molar-refractivity contribution in [3.8, 4) is 0 Å². The van der Waals surface area contributed by atoms with Gasteiger partial charge in [-0.15, -0.1) is 0 Å². The van der Waals surface area contributed by atoms with Crippen LogP contribution in [0.15, 0.2) is 94.8 Å². The Bertz CT molecular complexity index is 2470. The van der Waals surface area contributed by atoms with E-state index in [9.17, 15) is 45.1 Å². The van der Waals surface area contributed by atoms with E-state index in [1.54, 1.807) is 0 Å². The summed E-state index contributed by atoms with van der Waals surface area (Å²) in [6.45, 7) is 9.37. The molecule has 0 N–H and O–H groups in total. The van der Waals surface area contributed by atoms with Crippen LogP contribution in [0.25, 0.3) is 0 Å². The summed E-state index contributed by atoms with van der Waals surface area (Å²) < 4.78 is 91.1. The quantitative estimate of drug-likeness (QED) is 0.0150. The first-order valence-electron chi connectivity index (χ1n) is 38.1. The average molecular weight is 1420 g/mol. The van der Waals surface area contributed by atoms with Gasteiger partial charge in [0.1, 0.15) is 20.2 Å². The first kappa shape index (κ1) is 93.4. The summed E-state index contributed by atoms with van der Waals surface area (Å²) in [5.41, 5.74) is -0.691. The number of benzene rings is 2. The van der Waals surface area contributed by atoms with Gasteiger partial charge in [0.15, 0.2) is 0 Å². The van der Waals surface area contributed by atoms with E-state index in [0.29, 0.717) is 25.7 Å². The fourth-order valence-electron chi connectivity index (χ4n) is 11.3. The van der Waals surface area contributed by atoms with Crippen molar-refractivity contribution in [2.45, 2.75) is 346 Å². The molecule has 17 heteroatoms. The van der Waals surface area contributed by atoms with Crippen LogP contribution in [0.4, 0.5) is 0 Å². The van der Waals surface area contributed by atoms with Crippen molar-refractivity contribution in [3.05, 3.63) is 107 Å². The summed E-state index contributed by atoms with van der Waals surface area (Å²) in [4.78, 5) is 50.2. The molecule has 0 aromatic heterocycles. The van der Waals surface area contributed by atoms with Crippen LogP contribution < -0.4 is 0 Å². The smallest absolute Gasteiger partial charge is 0.744 e. The van der Waals surface area contributed by atoms with Gasteiger partial charge in [-0.2, -0.15) is 0 Å². The van der Waals surface area contributed by atoms with Gasteiger partial charge in [-0.05, 0) is 139 Å². The number of allylic oxidation sites excluding steroid dienone is 8. The molecule has 2 rings (SSSR count). The number of esters is 4. The first-order valence-corrected chi connectivity index (χ1v) is 40.9. The Morgan fingerprint density at radius 2 is 0.454 bits per heavy atom. The van der Waals surface area contributed by atoms with Crippen LogP contribution in [0.2, 0.25) is 0 Å². The first-order chi connectivity index (χ1) is 46.6. The maximum atomic E-state index is 12.9. The molecule has 0 fully saturated rings. The molecule has 0 heterocycles. The van der Waals surface area contributed by atoms with Crippen molar-refractivity contribution < 1.29 is 64.1 Å². The number of hydrogen-bond acceptors (Lipinski definition) is 14. The number of rotatable bonds is 62. The summed E-state index contributed by atoms with van der Waals surface area (Å²) in [7, 11) is -9.62. The van der Waals surface area contributed by atoms with Gasteiger partial charge in [-0.1, -0.05) is 282 Å². The molecule has 97 heavy (non-hydrogen) atoms. The van der Waals surface area contributed by atoms with Crippen LogP contribution >= 0.6 is 0 Å². The largest absolute Gasteiger partial charge is 2.00 e. The molecule has 0 saturated heterocycles. The van der Waals surface area contributed by atoms with Gasteiger partial charge < -0.3 is 28.1 Å². The maximum absolute atomic E-state index is 12.9. The van der Waals surface area contributed by atoms with Gasteiger partial charge in [-0.25, -0.2) is 36.0 Å². The summed E-state index contributed by atoms with van der Waals surface area (Å²) in [5.74, 6) is -3.11. The van der Waals surface area contributed by atoms with Gasteiger partial charge in [0, 0.05) is 0 Å². The molecule has 0 aliphatic carbocycles. The van der Waals surface area contributed by atoms with Crippen molar-refractivity contribution >= 4 is 81.9 Å².